The van der Waals surface area contributed by atoms with E-state index in [1.165, 1.54) is 5.56 Å². The number of aromatic nitrogens is 2. The van der Waals surface area contributed by atoms with Crippen molar-refractivity contribution in [1.82, 2.24) is 10.2 Å². The number of aromatic amines is 1. The first-order valence-electron chi connectivity index (χ1n) is 4.87. The Hall–Kier alpha value is -1.77. The molecule has 15 heavy (non-hydrogen) atoms. The molecule has 2 rings (SSSR count). The Morgan fingerprint density at radius 2 is 2.00 bits per heavy atom. The van der Waals surface area contributed by atoms with Crippen molar-refractivity contribution in [3.63, 3.8) is 0 Å². The minimum atomic E-state index is 0.888. The lowest BCUT2D eigenvalue weighted by atomic mass is 10.0. The Bertz CT molecular complexity index is 474. The molecule has 1 aromatic heterocycles. The van der Waals surface area contributed by atoms with Crippen molar-refractivity contribution in [2.24, 2.45) is 0 Å². The SMILES string of the molecule is COc1cc(C)ccc1-c1c[nH]nc1C. The Balaban J connectivity index is 2.58. The van der Waals surface area contributed by atoms with Crippen LogP contribution in [0, 0.1) is 13.8 Å². The van der Waals surface area contributed by atoms with Gasteiger partial charge < -0.3 is 4.74 Å². The van der Waals surface area contributed by atoms with Gasteiger partial charge in [0, 0.05) is 17.3 Å². The molecule has 0 amide bonds. The molecule has 3 nitrogen and oxygen atoms in total. The molecule has 0 fully saturated rings. The van der Waals surface area contributed by atoms with Crippen LogP contribution < -0.4 is 4.74 Å². The molecule has 0 saturated heterocycles. The zero-order chi connectivity index (χ0) is 10.8. The second-order valence-corrected chi connectivity index (χ2v) is 3.59. The highest BCUT2D eigenvalue weighted by Gasteiger charge is 2.09. The quantitative estimate of drug-likeness (QED) is 0.813. The fourth-order valence-electron chi connectivity index (χ4n) is 1.65. The number of H-pyrrole nitrogens is 1. The first-order valence-corrected chi connectivity index (χ1v) is 4.87. The number of benzene rings is 1. The van der Waals surface area contributed by atoms with E-state index in [0.717, 1.165) is 22.6 Å². The molecule has 0 aliphatic carbocycles. The Morgan fingerprint density at radius 3 is 2.60 bits per heavy atom. The molecule has 0 bridgehead atoms. The fourth-order valence-corrected chi connectivity index (χ4v) is 1.65. The van der Waals surface area contributed by atoms with Crippen LogP contribution in [0.15, 0.2) is 24.4 Å². The number of nitrogens with zero attached hydrogens (tertiary/aromatic N) is 1. The Morgan fingerprint density at radius 1 is 1.20 bits per heavy atom. The molecule has 3 heteroatoms. The largest absolute Gasteiger partial charge is 0.496 e. The predicted octanol–water partition coefficient (Wildman–Crippen LogP) is 2.70. The van der Waals surface area contributed by atoms with Crippen LogP contribution in [0.25, 0.3) is 11.1 Å². The van der Waals surface area contributed by atoms with Crippen molar-refractivity contribution in [3.05, 3.63) is 35.7 Å². The normalized spacial score (nSPS) is 10.3. The van der Waals surface area contributed by atoms with Gasteiger partial charge in [0.25, 0.3) is 0 Å². The van der Waals surface area contributed by atoms with Gasteiger partial charge in [0.2, 0.25) is 0 Å². The summed E-state index contributed by atoms with van der Waals surface area (Å²) in [6, 6.07) is 6.16. The van der Waals surface area contributed by atoms with Crippen LogP contribution in [0.1, 0.15) is 11.3 Å². The lowest BCUT2D eigenvalue weighted by Crippen LogP contribution is -1.89. The van der Waals surface area contributed by atoms with E-state index in [9.17, 15) is 0 Å². The number of hydrogen-bond donors (Lipinski definition) is 1. The monoisotopic (exact) mass is 202 g/mol. The van der Waals surface area contributed by atoms with E-state index in [0.29, 0.717) is 0 Å². The van der Waals surface area contributed by atoms with Crippen LogP contribution in [0.5, 0.6) is 5.75 Å². The van der Waals surface area contributed by atoms with Crippen molar-refractivity contribution in [1.29, 1.82) is 0 Å². The summed E-state index contributed by atoms with van der Waals surface area (Å²) in [5.41, 5.74) is 4.34. The summed E-state index contributed by atoms with van der Waals surface area (Å²) >= 11 is 0. The third kappa shape index (κ3) is 1.73. The van der Waals surface area contributed by atoms with Crippen molar-refractivity contribution in [3.8, 4) is 16.9 Å². The number of rotatable bonds is 2. The molecule has 1 heterocycles. The second kappa shape index (κ2) is 3.77. The summed E-state index contributed by atoms with van der Waals surface area (Å²) in [6.45, 7) is 4.03. The van der Waals surface area contributed by atoms with Gasteiger partial charge in [-0.2, -0.15) is 5.10 Å². The van der Waals surface area contributed by atoms with E-state index < -0.39 is 0 Å². The van der Waals surface area contributed by atoms with Crippen LogP contribution in [-0.4, -0.2) is 17.3 Å². The highest BCUT2D eigenvalue weighted by Crippen LogP contribution is 2.31. The Kier molecular flexibility index (Phi) is 2.46. The van der Waals surface area contributed by atoms with E-state index in [-0.39, 0.29) is 0 Å². The number of nitrogens with one attached hydrogen (secondary N) is 1. The summed E-state index contributed by atoms with van der Waals surface area (Å²) < 4.78 is 5.36. The van der Waals surface area contributed by atoms with E-state index >= 15 is 0 Å². The topological polar surface area (TPSA) is 37.9 Å². The highest BCUT2D eigenvalue weighted by molar-refractivity contribution is 5.72. The second-order valence-electron chi connectivity index (χ2n) is 3.59. The summed E-state index contributed by atoms with van der Waals surface area (Å²) in [7, 11) is 1.69. The van der Waals surface area contributed by atoms with Crippen molar-refractivity contribution in [2.45, 2.75) is 13.8 Å². The van der Waals surface area contributed by atoms with E-state index in [2.05, 4.69) is 29.3 Å². The molecule has 0 spiro atoms. The lowest BCUT2D eigenvalue weighted by Gasteiger charge is -2.08. The maximum Gasteiger partial charge on any atom is 0.127 e. The maximum absolute atomic E-state index is 5.36. The van der Waals surface area contributed by atoms with Gasteiger partial charge in [-0.15, -0.1) is 0 Å². The third-order valence-corrected chi connectivity index (χ3v) is 2.48. The van der Waals surface area contributed by atoms with Gasteiger partial charge >= 0.3 is 0 Å². The van der Waals surface area contributed by atoms with Crippen molar-refractivity contribution < 1.29 is 4.74 Å². The fraction of sp³-hybridized carbons (Fsp3) is 0.250. The van der Waals surface area contributed by atoms with E-state index in [1.54, 1.807) is 7.11 Å². The number of methoxy groups -OCH3 is 1. The lowest BCUT2D eigenvalue weighted by molar-refractivity contribution is 0.416. The molecule has 0 unspecified atom stereocenters. The molecule has 78 valence electrons. The third-order valence-electron chi connectivity index (χ3n) is 2.48. The van der Waals surface area contributed by atoms with Crippen LogP contribution in [0.3, 0.4) is 0 Å². The number of hydrogen-bond acceptors (Lipinski definition) is 2. The van der Waals surface area contributed by atoms with Crippen molar-refractivity contribution >= 4 is 0 Å². The molecule has 0 radical (unpaired) electrons. The van der Waals surface area contributed by atoms with Crippen LogP contribution in [-0.2, 0) is 0 Å². The molecule has 0 saturated carbocycles. The summed E-state index contributed by atoms with van der Waals surface area (Å²) in [4.78, 5) is 0. The summed E-state index contributed by atoms with van der Waals surface area (Å²) in [6.07, 6.45) is 1.89. The summed E-state index contributed by atoms with van der Waals surface area (Å²) in [5, 5.41) is 6.97. The zero-order valence-corrected chi connectivity index (χ0v) is 9.16. The maximum atomic E-state index is 5.36. The van der Waals surface area contributed by atoms with Gasteiger partial charge in [-0.1, -0.05) is 12.1 Å². The molecule has 0 aliphatic rings. The van der Waals surface area contributed by atoms with Crippen LogP contribution in [0.2, 0.25) is 0 Å². The van der Waals surface area contributed by atoms with Gasteiger partial charge in [-0.25, -0.2) is 0 Å². The minimum absolute atomic E-state index is 0.888. The molecule has 1 N–H and O–H groups in total. The van der Waals surface area contributed by atoms with Gasteiger partial charge in [-0.3, -0.25) is 5.10 Å². The Labute approximate surface area is 89.1 Å². The zero-order valence-electron chi connectivity index (χ0n) is 9.16. The van der Waals surface area contributed by atoms with Gasteiger partial charge in [0.15, 0.2) is 0 Å². The number of ether oxygens (including phenoxy) is 1. The average molecular weight is 202 g/mol. The molecular formula is C12H14N2O. The smallest absolute Gasteiger partial charge is 0.127 e. The molecule has 0 aliphatic heterocycles. The van der Waals surface area contributed by atoms with Crippen LogP contribution in [0.4, 0.5) is 0 Å². The standard InChI is InChI=1S/C12H14N2O/c1-8-4-5-10(12(6-8)15-3)11-7-13-14-9(11)2/h4-7H,1-3H3,(H,13,14). The molecule has 0 atom stereocenters. The summed E-state index contributed by atoms with van der Waals surface area (Å²) in [5.74, 6) is 0.888. The van der Waals surface area contributed by atoms with Crippen molar-refractivity contribution in [2.75, 3.05) is 7.11 Å². The van der Waals surface area contributed by atoms with E-state index in [4.69, 9.17) is 4.74 Å². The van der Waals surface area contributed by atoms with E-state index in [1.807, 2.05) is 19.2 Å². The molecule has 2 aromatic rings. The number of aryl methyl sites for hydroxylation is 2. The molecular weight excluding hydrogens is 188 g/mol. The van der Waals surface area contributed by atoms with Crippen LogP contribution >= 0.6 is 0 Å². The average Bonchev–Trinajstić information content (AvgIpc) is 2.64. The van der Waals surface area contributed by atoms with Gasteiger partial charge in [0.1, 0.15) is 5.75 Å². The van der Waals surface area contributed by atoms with Gasteiger partial charge in [0.05, 0.1) is 12.8 Å². The minimum Gasteiger partial charge on any atom is -0.496 e. The first-order chi connectivity index (χ1) is 7.22. The highest BCUT2D eigenvalue weighted by atomic mass is 16.5. The van der Waals surface area contributed by atoms with Gasteiger partial charge in [-0.05, 0) is 25.5 Å². The first kappa shape index (κ1) is 9.77. The predicted molar refractivity (Wildman–Crippen MR) is 60.0 cm³/mol. The molecule has 1 aromatic carbocycles.